The number of aromatic nitrogens is 1. The van der Waals surface area contributed by atoms with Crippen molar-refractivity contribution in [3.8, 4) is 28.4 Å². The third-order valence-electron chi connectivity index (χ3n) is 5.22. The molecule has 0 saturated carbocycles. The summed E-state index contributed by atoms with van der Waals surface area (Å²) in [4.78, 5) is 3.54. The molecule has 5 rings (SSSR count). The fourth-order valence-electron chi connectivity index (χ4n) is 3.97. The van der Waals surface area contributed by atoms with E-state index < -0.39 is 23.6 Å². The molecule has 3 aromatic rings. The number of benzene rings is 2. The van der Waals surface area contributed by atoms with E-state index in [1.54, 1.807) is 18.2 Å². The average molecular weight is 397 g/mol. The molecule has 1 unspecified atom stereocenters. The van der Waals surface area contributed by atoms with E-state index in [1.807, 2.05) is 0 Å². The van der Waals surface area contributed by atoms with E-state index in [-0.39, 0.29) is 11.5 Å². The number of hydrogen-bond acceptors (Lipinski definition) is 6. The molecule has 6 nitrogen and oxygen atoms in total. The zero-order chi connectivity index (χ0) is 20.2. The first-order valence-electron chi connectivity index (χ1n) is 9.08. The first kappa shape index (κ1) is 18.0. The Balaban J connectivity index is 1.77. The standard InChI is InChI=1S/C21H17F2N3O3/c22-16-6-12(11-3-4-26-18(23)7-11)5-15-20(16)28-17-2-1-13(27)8-14(17)21(15)10-25-9-19(24)29-21/h1-8,19,25,27H,9-10,24H2/t19-,21?/m0/s1. The highest BCUT2D eigenvalue weighted by atomic mass is 19.1. The Morgan fingerprint density at radius 1 is 1.10 bits per heavy atom. The fraction of sp³-hybridized carbons (Fsp3) is 0.190. The van der Waals surface area contributed by atoms with Crippen LogP contribution in [0.3, 0.4) is 0 Å². The summed E-state index contributed by atoms with van der Waals surface area (Å²) in [7, 11) is 0. The molecule has 2 atom stereocenters. The van der Waals surface area contributed by atoms with Crippen LogP contribution in [0, 0.1) is 11.8 Å². The molecule has 0 bridgehead atoms. The number of fused-ring (bicyclic) bond motifs is 4. The molecule has 29 heavy (non-hydrogen) atoms. The molecule has 1 fully saturated rings. The summed E-state index contributed by atoms with van der Waals surface area (Å²) in [5.41, 5.74) is 6.73. The van der Waals surface area contributed by atoms with E-state index in [2.05, 4.69) is 10.3 Å². The normalized spacial score (nSPS) is 22.7. The minimum atomic E-state index is -1.18. The molecule has 2 aliphatic rings. The smallest absolute Gasteiger partial charge is 0.213 e. The van der Waals surface area contributed by atoms with Crippen molar-refractivity contribution in [1.29, 1.82) is 0 Å². The van der Waals surface area contributed by atoms with E-state index in [0.29, 0.717) is 41.1 Å². The number of aromatic hydroxyl groups is 1. The van der Waals surface area contributed by atoms with Gasteiger partial charge in [-0.25, -0.2) is 9.37 Å². The SMILES string of the molecule is N[C@@H]1CNCC2(O1)c1cc(O)ccc1Oc1c(F)cc(-c3ccnc(F)c3)cc12. The molecule has 1 aromatic heterocycles. The molecule has 148 valence electrons. The van der Waals surface area contributed by atoms with E-state index in [1.165, 1.54) is 30.5 Å². The minimum absolute atomic E-state index is 0.0115. The Bertz CT molecular complexity index is 1120. The number of phenols is 1. The maximum Gasteiger partial charge on any atom is 0.213 e. The Labute approximate surface area is 164 Å². The largest absolute Gasteiger partial charge is 0.508 e. The number of pyridine rings is 1. The zero-order valence-corrected chi connectivity index (χ0v) is 15.2. The van der Waals surface area contributed by atoms with Gasteiger partial charge in [0.05, 0.1) is 0 Å². The van der Waals surface area contributed by atoms with Crippen LogP contribution in [0.15, 0.2) is 48.7 Å². The highest BCUT2D eigenvalue weighted by Gasteiger charge is 2.47. The molecule has 4 N–H and O–H groups in total. The van der Waals surface area contributed by atoms with Gasteiger partial charge >= 0.3 is 0 Å². The summed E-state index contributed by atoms with van der Waals surface area (Å²) < 4.78 is 40.7. The number of ether oxygens (including phenoxy) is 2. The first-order chi connectivity index (χ1) is 14.0. The Hall–Kier alpha value is -3.07. The number of nitrogens with one attached hydrogen (secondary N) is 1. The van der Waals surface area contributed by atoms with E-state index in [0.717, 1.165) is 0 Å². The Morgan fingerprint density at radius 2 is 1.97 bits per heavy atom. The maximum atomic E-state index is 15.1. The predicted octanol–water partition coefficient (Wildman–Crippen LogP) is 2.99. The minimum Gasteiger partial charge on any atom is -0.508 e. The number of nitrogens with two attached hydrogens (primary N) is 1. The lowest BCUT2D eigenvalue weighted by Gasteiger charge is -2.44. The zero-order valence-electron chi connectivity index (χ0n) is 15.2. The van der Waals surface area contributed by atoms with Gasteiger partial charge in [0, 0.05) is 36.5 Å². The van der Waals surface area contributed by atoms with Crippen LogP contribution in [-0.2, 0) is 10.3 Å². The van der Waals surface area contributed by atoms with E-state index in [4.69, 9.17) is 15.2 Å². The van der Waals surface area contributed by atoms with Crippen molar-refractivity contribution in [3.63, 3.8) is 0 Å². The second kappa shape index (κ2) is 6.48. The molecule has 0 amide bonds. The van der Waals surface area contributed by atoms with Crippen molar-refractivity contribution in [2.24, 2.45) is 5.73 Å². The summed E-state index contributed by atoms with van der Waals surface area (Å²) in [5, 5.41) is 13.3. The number of rotatable bonds is 1. The van der Waals surface area contributed by atoms with Gasteiger partial charge in [-0.05, 0) is 47.5 Å². The van der Waals surface area contributed by atoms with Crippen LogP contribution in [0.4, 0.5) is 8.78 Å². The summed E-state index contributed by atoms with van der Waals surface area (Å²) in [6, 6.07) is 10.3. The van der Waals surface area contributed by atoms with Gasteiger partial charge in [-0.2, -0.15) is 4.39 Å². The number of hydrogen-bond donors (Lipinski definition) is 3. The van der Waals surface area contributed by atoms with Crippen molar-refractivity contribution in [2.75, 3.05) is 13.1 Å². The van der Waals surface area contributed by atoms with Gasteiger partial charge in [0.15, 0.2) is 11.6 Å². The van der Waals surface area contributed by atoms with Crippen LogP contribution >= 0.6 is 0 Å². The average Bonchev–Trinajstić information content (AvgIpc) is 2.69. The van der Waals surface area contributed by atoms with Gasteiger partial charge in [-0.3, -0.25) is 0 Å². The molecular formula is C21H17F2N3O3. The van der Waals surface area contributed by atoms with Gasteiger partial charge in [0.2, 0.25) is 5.95 Å². The highest BCUT2D eigenvalue weighted by Crippen LogP contribution is 2.52. The molecule has 2 aromatic carbocycles. The molecule has 8 heteroatoms. The Morgan fingerprint density at radius 3 is 2.76 bits per heavy atom. The van der Waals surface area contributed by atoms with Crippen LogP contribution < -0.4 is 15.8 Å². The summed E-state index contributed by atoms with van der Waals surface area (Å²) in [6.07, 6.45) is 0.658. The fourth-order valence-corrected chi connectivity index (χ4v) is 3.97. The van der Waals surface area contributed by atoms with Gasteiger partial charge in [-0.15, -0.1) is 0 Å². The number of nitrogens with zero attached hydrogens (tertiary/aromatic N) is 1. The second-order valence-corrected chi connectivity index (χ2v) is 7.10. The van der Waals surface area contributed by atoms with Crippen LogP contribution in [0.25, 0.3) is 11.1 Å². The van der Waals surface area contributed by atoms with Crippen molar-refractivity contribution in [2.45, 2.75) is 11.8 Å². The highest BCUT2D eigenvalue weighted by molar-refractivity contribution is 5.69. The van der Waals surface area contributed by atoms with Crippen molar-refractivity contribution in [1.82, 2.24) is 10.3 Å². The van der Waals surface area contributed by atoms with Gasteiger partial charge in [-0.1, -0.05) is 0 Å². The van der Waals surface area contributed by atoms with Crippen LogP contribution in [-0.4, -0.2) is 29.4 Å². The molecular weight excluding hydrogens is 380 g/mol. The monoisotopic (exact) mass is 397 g/mol. The van der Waals surface area contributed by atoms with Gasteiger partial charge in [0.25, 0.3) is 0 Å². The number of morpholine rings is 1. The first-order valence-corrected chi connectivity index (χ1v) is 9.08. The third-order valence-corrected chi connectivity index (χ3v) is 5.22. The van der Waals surface area contributed by atoms with Crippen LogP contribution in [0.1, 0.15) is 11.1 Å². The lowest BCUT2D eigenvalue weighted by Crippen LogP contribution is -2.56. The van der Waals surface area contributed by atoms with Gasteiger partial charge in [0.1, 0.15) is 23.3 Å². The van der Waals surface area contributed by atoms with Crippen molar-refractivity contribution < 1.29 is 23.4 Å². The topological polar surface area (TPSA) is 89.6 Å². The molecule has 1 saturated heterocycles. The van der Waals surface area contributed by atoms with Crippen LogP contribution in [0.2, 0.25) is 0 Å². The van der Waals surface area contributed by atoms with Crippen LogP contribution in [0.5, 0.6) is 17.2 Å². The quantitative estimate of drug-likeness (QED) is 0.547. The van der Waals surface area contributed by atoms with Gasteiger partial charge < -0.3 is 25.6 Å². The molecule has 3 heterocycles. The second-order valence-electron chi connectivity index (χ2n) is 7.10. The lowest BCUT2D eigenvalue weighted by molar-refractivity contribution is -0.0973. The molecule has 2 aliphatic heterocycles. The molecule has 1 spiro atoms. The predicted molar refractivity (Wildman–Crippen MR) is 100 cm³/mol. The maximum absolute atomic E-state index is 15.1. The Kier molecular flexibility index (Phi) is 4.02. The summed E-state index contributed by atoms with van der Waals surface area (Å²) >= 11 is 0. The van der Waals surface area contributed by atoms with E-state index >= 15 is 4.39 Å². The van der Waals surface area contributed by atoms with Crippen molar-refractivity contribution >= 4 is 0 Å². The number of halogens is 2. The van der Waals surface area contributed by atoms with E-state index in [9.17, 15) is 9.50 Å². The molecule has 0 aliphatic carbocycles. The lowest BCUT2D eigenvalue weighted by atomic mass is 9.80. The number of phenolic OH excluding ortho intramolecular Hbond substituents is 1. The molecule has 0 radical (unpaired) electrons. The van der Waals surface area contributed by atoms with Crippen molar-refractivity contribution in [3.05, 3.63) is 71.6 Å². The summed E-state index contributed by atoms with van der Waals surface area (Å²) in [5.74, 6) is -0.883. The summed E-state index contributed by atoms with van der Waals surface area (Å²) in [6.45, 7) is 0.713. The third kappa shape index (κ3) is 2.84.